The zero-order chi connectivity index (χ0) is 17.3. The Kier molecular flexibility index (Phi) is 16.2. The van der Waals surface area contributed by atoms with E-state index in [4.69, 9.17) is 4.74 Å². The smallest absolute Gasteiger partial charge is 0.305 e. The van der Waals surface area contributed by atoms with Crippen LogP contribution in [0.1, 0.15) is 89.9 Å². The molecule has 5 heteroatoms. The zero-order valence-corrected chi connectivity index (χ0v) is 18.3. The van der Waals surface area contributed by atoms with E-state index in [1.807, 2.05) is 21.6 Å². The fraction of sp³-hybridized carbons (Fsp3) is 0.947. The normalized spacial score (nSPS) is 17.3. The Labute approximate surface area is 165 Å². The van der Waals surface area contributed by atoms with Gasteiger partial charge in [-0.2, -0.15) is 0 Å². The molecule has 1 unspecified atom stereocenters. The summed E-state index contributed by atoms with van der Waals surface area (Å²) in [5.74, 6) is 1.31. The van der Waals surface area contributed by atoms with E-state index in [0.29, 0.717) is 13.0 Å². The summed E-state index contributed by atoms with van der Waals surface area (Å²) in [6.45, 7) is 0.624. The number of hydrogen-bond donors (Lipinski definition) is 0. The fourth-order valence-electron chi connectivity index (χ4n) is 2.90. The van der Waals surface area contributed by atoms with Crippen LogP contribution in [0.15, 0.2) is 0 Å². The van der Waals surface area contributed by atoms with E-state index in [2.05, 4.69) is 15.9 Å². The number of carbonyl (C=O) groups is 1. The Morgan fingerprint density at radius 2 is 1.58 bits per heavy atom. The minimum absolute atomic E-state index is 0.00948. The average molecular weight is 440 g/mol. The highest BCUT2D eigenvalue weighted by Crippen LogP contribution is 2.39. The first-order valence-electron chi connectivity index (χ1n) is 9.83. The molecule has 0 amide bonds. The molecule has 0 aromatic carbocycles. The molecule has 1 heterocycles. The van der Waals surface area contributed by atoms with E-state index >= 15 is 0 Å². The molecule has 1 saturated heterocycles. The van der Waals surface area contributed by atoms with E-state index in [-0.39, 0.29) is 5.97 Å². The number of halogens is 1. The Morgan fingerprint density at radius 1 is 0.917 bits per heavy atom. The molecule has 0 aromatic rings. The highest BCUT2D eigenvalue weighted by atomic mass is 79.9. The van der Waals surface area contributed by atoms with Gasteiger partial charge in [0.05, 0.1) is 6.61 Å². The molecule has 0 aromatic heterocycles. The Bertz CT molecular complexity index is 297. The summed E-state index contributed by atoms with van der Waals surface area (Å²) in [5.41, 5.74) is 0. The van der Waals surface area contributed by atoms with Crippen molar-refractivity contribution in [1.29, 1.82) is 0 Å². The molecule has 0 bridgehead atoms. The fourth-order valence-corrected chi connectivity index (χ4v) is 6.32. The molecule has 0 aliphatic carbocycles. The first kappa shape index (κ1) is 22.7. The third-order valence-corrected chi connectivity index (χ3v) is 7.99. The highest BCUT2D eigenvalue weighted by molar-refractivity contribution is 9.09. The standard InChI is InChI=1S/C19H35BrO2S2/c20-15-10-6-4-2-1-3-5-7-11-16-22-19(21)13-9-8-12-18-14-17-23-24-18/h18H,1-17H2. The van der Waals surface area contributed by atoms with Crippen molar-refractivity contribution in [3.05, 3.63) is 0 Å². The molecule has 1 aliphatic heterocycles. The van der Waals surface area contributed by atoms with Crippen molar-refractivity contribution in [3.63, 3.8) is 0 Å². The number of unbranched alkanes of at least 4 members (excludes halogenated alkanes) is 9. The van der Waals surface area contributed by atoms with Crippen molar-refractivity contribution >= 4 is 43.5 Å². The maximum atomic E-state index is 11.7. The first-order chi connectivity index (χ1) is 11.8. The van der Waals surface area contributed by atoms with Crippen molar-refractivity contribution < 1.29 is 9.53 Å². The van der Waals surface area contributed by atoms with Crippen molar-refractivity contribution in [2.75, 3.05) is 17.7 Å². The van der Waals surface area contributed by atoms with Gasteiger partial charge in [0.25, 0.3) is 0 Å². The van der Waals surface area contributed by atoms with E-state index in [1.165, 1.54) is 76.4 Å². The lowest BCUT2D eigenvalue weighted by Crippen LogP contribution is -2.06. The van der Waals surface area contributed by atoms with Gasteiger partial charge in [0.1, 0.15) is 0 Å². The van der Waals surface area contributed by atoms with Crippen molar-refractivity contribution in [3.8, 4) is 0 Å². The van der Waals surface area contributed by atoms with Crippen LogP contribution >= 0.6 is 37.5 Å². The maximum Gasteiger partial charge on any atom is 0.305 e. The predicted octanol–water partition coefficient (Wildman–Crippen LogP) is 7.15. The topological polar surface area (TPSA) is 26.3 Å². The molecule has 0 spiro atoms. The van der Waals surface area contributed by atoms with Gasteiger partial charge < -0.3 is 4.74 Å². The van der Waals surface area contributed by atoms with Crippen LogP contribution in [0.25, 0.3) is 0 Å². The largest absolute Gasteiger partial charge is 0.466 e. The van der Waals surface area contributed by atoms with Gasteiger partial charge in [-0.1, -0.05) is 88.9 Å². The molecule has 1 atom stereocenters. The lowest BCUT2D eigenvalue weighted by molar-refractivity contribution is -0.143. The summed E-state index contributed by atoms with van der Waals surface area (Å²) in [5, 5.41) is 1.97. The lowest BCUT2D eigenvalue weighted by atomic mass is 10.1. The molecule has 24 heavy (non-hydrogen) atoms. The maximum absolute atomic E-state index is 11.7. The Balaban J connectivity index is 1.74. The number of carbonyl (C=O) groups excluding carboxylic acids is 1. The van der Waals surface area contributed by atoms with Crippen LogP contribution in [-0.2, 0) is 9.53 Å². The molecule has 1 aliphatic rings. The monoisotopic (exact) mass is 438 g/mol. The van der Waals surface area contributed by atoms with Crippen LogP contribution in [0.2, 0.25) is 0 Å². The second-order valence-electron chi connectivity index (χ2n) is 6.67. The van der Waals surface area contributed by atoms with E-state index < -0.39 is 0 Å². The molecule has 2 nitrogen and oxygen atoms in total. The van der Waals surface area contributed by atoms with Crippen LogP contribution in [-0.4, -0.2) is 28.9 Å². The molecule has 0 N–H and O–H groups in total. The molecular formula is C19H35BrO2S2. The minimum Gasteiger partial charge on any atom is -0.466 e. The van der Waals surface area contributed by atoms with Crippen LogP contribution in [0.3, 0.4) is 0 Å². The van der Waals surface area contributed by atoms with Crippen LogP contribution in [0, 0.1) is 0 Å². The van der Waals surface area contributed by atoms with Crippen molar-refractivity contribution in [2.45, 2.75) is 95.1 Å². The molecular weight excluding hydrogens is 404 g/mol. The SMILES string of the molecule is O=C(CCCCC1CCSS1)OCCCCCCCCCCCBr. The van der Waals surface area contributed by atoms with Gasteiger partial charge >= 0.3 is 5.97 Å². The average Bonchev–Trinajstić information content (AvgIpc) is 3.10. The van der Waals surface area contributed by atoms with Gasteiger partial charge in [-0.05, 0) is 32.1 Å². The van der Waals surface area contributed by atoms with Gasteiger partial charge in [-0.25, -0.2) is 0 Å². The quantitative estimate of drug-likeness (QED) is 0.110. The number of hydrogen-bond acceptors (Lipinski definition) is 4. The van der Waals surface area contributed by atoms with Crippen LogP contribution in [0.4, 0.5) is 0 Å². The lowest BCUT2D eigenvalue weighted by Gasteiger charge is -2.07. The molecule has 1 rings (SSSR count). The minimum atomic E-state index is 0.00948. The van der Waals surface area contributed by atoms with Gasteiger partial charge in [-0.15, -0.1) is 0 Å². The van der Waals surface area contributed by atoms with E-state index in [1.54, 1.807) is 0 Å². The summed E-state index contributed by atoms with van der Waals surface area (Å²) in [4.78, 5) is 11.7. The summed E-state index contributed by atoms with van der Waals surface area (Å²) in [6.07, 6.45) is 17.0. The number of esters is 1. The van der Waals surface area contributed by atoms with Gasteiger partial charge in [0, 0.05) is 22.8 Å². The highest BCUT2D eigenvalue weighted by Gasteiger charge is 2.15. The Hall–Kier alpha value is 0.650. The van der Waals surface area contributed by atoms with E-state index in [9.17, 15) is 4.79 Å². The molecule has 1 fully saturated rings. The third-order valence-electron chi connectivity index (χ3n) is 4.43. The second kappa shape index (κ2) is 17.1. The summed E-state index contributed by atoms with van der Waals surface area (Å²) >= 11 is 3.47. The third kappa shape index (κ3) is 13.9. The van der Waals surface area contributed by atoms with Gasteiger partial charge in [-0.3, -0.25) is 4.79 Å². The molecule has 142 valence electrons. The molecule has 0 radical (unpaired) electrons. The Morgan fingerprint density at radius 3 is 2.21 bits per heavy atom. The summed E-state index contributed by atoms with van der Waals surface area (Å²) in [6, 6.07) is 0. The van der Waals surface area contributed by atoms with Crippen LogP contribution < -0.4 is 0 Å². The number of alkyl halides is 1. The van der Waals surface area contributed by atoms with Crippen molar-refractivity contribution in [2.24, 2.45) is 0 Å². The summed E-state index contributed by atoms with van der Waals surface area (Å²) < 4.78 is 5.33. The predicted molar refractivity (Wildman–Crippen MR) is 113 cm³/mol. The zero-order valence-electron chi connectivity index (χ0n) is 15.1. The van der Waals surface area contributed by atoms with Crippen LogP contribution in [0.5, 0.6) is 0 Å². The van der Waals surface area contributed by atoms with Crippen molar-refractivity contribution in [1.82, 2.24) is 0 Å². The second-order valence-corrected chi connectivity index (χ2v) is 10.2. The van der Waals surface area contributed by atoms with E-state index in [0.717, 1.165) is 23.4 Å². The van der Waals surface area contributed by atoms with Gasteiger partial charge in [0.2, 0.25) is 0 Å². The summed E-state index contributed by atoms with van der Waals surface area (Å²) in [7, 11) is 4.02. The number of rotatable bonds is 16. The molecule has 0 saturated carbocycles. The van der Waals surface area contributed by atoms with Gasteiger partial charge in [0.15, 0.2) is 0 Å². The first-order valence-corrected chi connectivity index (χ1v) is 13.3. The number of ether oxygens (including phenoxy) is 1.